The van der Waals surface area contributed by atoms with Gasteiger partial charge < -0.3 is 9.64 Å². The van der Waals surface area contributed by atoms with Gasteiger partial charge in [-0.25, -0.2) is 0 Å². The number of amides is 1. The van der Waals surface area contributed by atoms with Gasteiger partial charge >= 0.3 is 0 Å². The van der Waals surface area contributed by atoms with E-state index in [9.17, 15) is 4.79 Å². The van der Waals surface area contributed by atoms with Gasteiger partial charge in [-0.15, -0.1) is 0 Å². The molecule has 1 aliphatic rings. The number of ether oxygens (including phenoxy) is 1. The normalized spacial score (nSPS) is 19.0. The summed E-state index contributed by atoms with van der Waals surface area (Å²) in [6.07, 6.45) is 0.222. The lowest BCUT2D eigenvalue weighted by molar-refractivity contribution is -0.136. The van der Waals surface area contributed by atoms with Gasteiger partial charge in [0.25, 0.3) is 0 Å². The van der Waals surface area contributed by atoms with Crippen molar-refractivity contribution in [3.8, 4) is 6.07 Å². The van der Waals surface area contributed by atoms with Crippen molar-refractivity contribution < 1.29 is 9.53 Å². The van der Waals surface area contributed by atoms with Gasteiger partial charge in [0.05, 0.1) is 25.7 Å². The summed E-state index contributed by atoms with van der Waals surface area (Å²) in [5.41, 5.74) is 0.820. The molecular weight excluding hydrogens is 332 g/mol. The molecule has 0 unspecified atom stereocenters. The zero-order valence-corrected chi connectivity index (χ0v) is 12.4. The summed E-state index contributed by atoms with van der Waals surface area (Å²) in [5, 5.41) is 9.61. The van der Waals surface area contributed by atoms with Crippen LogP contribution in [0.25, 0.3) is 0 Å². The SMILES string of the molecule is N#C[C@H]1COCCN1C(=O)Cc1cc(Cl)ccc1Br. The van der Waals surface area contributed by atoms with E-state index < -0.39 is 6.04 Å². The third kappa shape index (κ3) is 3.47. The smallest absolute Gasteiger partial charge is 0.228 e. The van der Waals surface area contributed by atoms with Crippen LogP contribution in [0.5, 0.6) is 0 Å². The fourth-order valence-corrected chi connectivity index (χ4v) is 2.53. The molecular formula is C13H12BrClN2O2. The minimum Gasteiger partial charge on any atom is -0.376 e. The first-order valence-corrected chi connectivity index (χ1v) is 6.99. The van der Waals surface area contributed by atoms with Crippen molar-refractivity contribution in [1.82, 2.24) is 4.90 Å². The van der Waals surface area contributed by atoms with Crippen LogP contribution in [0, 0.1) is 11.3 Å². The van der Waals surface area contributed by atoms with Gasteiger partial charge in [-0.3, -0.25) is 4.79 Å². The third-order valence-electron chi connectivity index (χ3n) is 2.95. The van der Waals surface area contributed by atoms with Crippen molar-refractivity contribution in [3.63, 3.8) is 0 Å². The molecule has 1 aromatic carbocycles. The van der Waals surface area contributed by atoms with E-state index in [1.165, 1.54) is 0 Å². The van der Waals surface area contributed by atoms with Gasteiger partial charge in [-0.05, 0) is 23.8 Å². The summed E-state index contributed by atoms with van der Waals surface area (Å²) >= 11 is 9.32. The molecule has 1 fully saturated rings. The zero-order chi connectivity index (χ0) is 13.8. The number of benzene rings is 1. The molecule has 19 heavy (non-hydrogen) atoms. The summed E-state index contributed by atoms with van der Waals surface area (Å²) in [6, 6.07) is 6.91. The fourth-order valence-electron chi connectivity index (χ4n) is 1.95. The molecule has 0 saturated carbocycles. The Labute approximate surface area is 125 Å². The summed E-state index contributed by atoms with van der Waals surface area (Å²) in [7, 11) is 0. The zero-order valence-electron chi connectivity index (χ0n) is 10.1. The Morgan fingerprint density at radius 1 is 1.63 bits per heavy atom. The molecule has 0 aromatic heterocycles. The molecule has 1 aromatic rings. The summed E-state index contributed by atoms with van der Waals surface area (Å²) < 4.78 is 6.04. The second-order valence-corrected chi connectivity index (χ2v) is 5.51. The number of hydrogen-bond acceptors (Lipinski definition) is 3. The molecule has 2 rings (SSSR count). The maximum atomic E-state index is 12.3. The number of carbonyl (C=O) groups is 1. The molecule has 0 radical (unpaired) electrons. The van der Waals surface area contributed by atoms with Gasteiger partial charge in [-0.2, -0.15) is 5.26 Å². The van der Waals surface area contributed by atoms with Crippen LogP contribution >= 0.6 is 27.5 Å². The van der Waals surface area contributed by atoms with Crippen LogP contribution in [0.2, 0.25) is 5.02 Å². The molecule has 100 valence electrons. The summed E-state index contributed by atoms with van der Waals surface area (Å²) in [6.45, 7) is 1.20. The highest BCUT2D eigenvalue weighted by Crippen LogP contribution is 2.22. The largest absolute Gasteiger partial charge is 0.376 e. The lowest BCUT2D eigenvalue weighted by Crippen LogP contribution is -2.48. The van der Waals surface area contributed by atoms with E-state index >= 15 is 0 Å². The number of nitrogens with zero attached hydrogens (tertiary/aromatic N) is 2. The Morgan fingerprint density at radius 3 is 3.16 bits per heavy atom. The van der Waals surface area contributed by atoms with Crippen LogP contribution in [-0.2, 0) is 16.0 Å². The van der Waals surface area contributed by atoms with E-state index in [1.807, 2.05) is 6.07 Å². The lowest BCUT2D eigenvalue weighted by atomic mass is 10.1. The highest BCUT2D eigenvalue weighted by Gasteiger charge is 2.27. The van der Waals surface area contributed by atoms with Crippen molar-refractivity contribution in [2.45, 2.75) is 12.5 Å². The van der Waals surface area contributed by atoms with Gasteiger partial charge in [0.2, 0.25) is 5.91 Å². The number of hydrogen-bond donors (Lipinski definition) is 0. The molecule has 1 amide bonds. The van der Waals surface area contributed by atoms with Gasteiger partial charge in [-0.1, -0.05) is 27.5 Å². The maximum Gasteiger partial charge on any atom is 0.228 e. The standard InChI is InChI=1S/C13H12BrClN2O2/c14-12-2-1-10(15)5-9(12)6-13(18)17-3-4-19-8-11(17)7-16/h1-2,5,11H,3-4,6,8H2/t11-/m0/s1. The monoisotopic (exact) mass is 342 g/mol. The Hall–Kier alpha value is -1.09. The highest BCUT2D eigenvalue weighted by molar-refractivity contribution is 9.10. The van der Waals surface area contributed by atoms with E-state index in [-0.39, 0.29) is 18.9 Å². The Morgan fingerprint density at radius 2 is 2.42 bits per heavy atom. The first-order valence-electron chi connectivity index (χ1n) is 5.82. The predicted molar refractivity (Wildman–Crippen MR) is 74.8 cm³/mol. The van der Waals surface area contributed by atoms with Gasteiger partial charge in [0.1, 0.15) is 6.04 Å². The third-order valence-corrected chi connectivity index (χ3v) is 3.96. The molecule has 1 aliphatic heterocycles. The molecule has 0 bridgehead atoms. The number of carbonyl (C=O) groups excluding carboxylic acids is 1. The predicted octanol–water partition coefficient (Wildman–Crippen LogP) is 2.40. The first-order chi connectivity index (χ1) is 9.11. The second kappa shape index (κ2) is 6.38. The van der Waals surface area contributed by atoms with Gasteiger partial charge in [0.15, 0.2) is 0 Å². The second-order valence-electron chi connectivity index (χ2n) is 4.22. The molecule has 6 heteroatoms. The van der Waals surface area contributed by atoms with Crippen molar-refractivity contribution in [1.29, 1.82) is 5.26 Å². The van der Waals surface area contributed by atoms with Crippen molar-refractivity contribution in [3.05, 3.63) is 33.3 Å². The molecule has 0 aliphatic carbocycles. The van der Waals surface area contributed by atoms with Crippen LogP contribution in [0.1, 0.15) is 5.56 Å². The van der Waals surface area contributed by atoms with E-state index in [2.05, 4.69) is 22.0 Å². The van der Waals surface area contributed by atoms with E-state index in [0.29, 0.717) is 18.2 Å². The topological polar surface area (TPSA) is 53.3 Å². The number of halogens is 2. The maximum absolute atomic E-state index is 12.3. The van der Waals surface area contributed by atoms with E-state index in [1.54, 1.807) is 17.0 Å². The average molecular weight is 344 g/mol. The first kappa shape index (κ1) is 14.3. The molecule has 4 nitrogen and oxygen atoms in total. The lowest BCUT2D eigenvalue weighted by Gasteiger charge is -2.31. The Bertz CT molecular complexity index is 530. The molecule has 1 atom stereocenters. The van der Waals surface area contributed by atoms with Crippen LogP contribution < -0.4 is 0 Å². The van der Waals surface area contributed by atoms with Crippen LogP contribution in [0.4, 0.5) is 0 Å². The van der Waals surface area contributed by atoms with Gasteiger partial charge in [0, 0.05) is 16.0 Å². The Kier molecular flexibility index (Phi) is 4.81. The summed E-state index contributed by atoms with van der Waals surface area (Å²) in [5.74, 6) is -0.0854. The van der Waals surface area contributed by atoms with Crippen LogP contribution in [0.3, 0.4) is 0 Å². The van der Waals surface area contributed by atoms with E-state index in [4.69, 9.17) is 21.6 Å². The van der Waals surface area contributed by atoms with Crippen molar-refractivity contribution in [2.75, 3.05) is 19.8 Å². The number of rotatable bonds is 2. The van der Waals surface area contributed by atoms with E-state index in [0.717, 1.165) is 10.0 Å². The quantitative estimate of drug-likeness (QED) is 0.828. The average Bonchev–Trinajstić information content (AvgIpc) is 2.42. The fraction of sp³-hybridized carbons (Fsp3) is 0.385. The highest BCUT2D eigenvalue weighted by atomic mass is 79.9. The van der Waals surface area contributed by atoms with Crippen molar-refractivity contribution >= 4 is 33.4 Å². The summed E-state index contributed by atoms with van der Waals surface area (Å²) in [4.78, 5) is 13.8. The number of morpholine rings is 1. The molecule has 0 N–H and O–H groups in total. The Balaban J connectivity index is 2.12. The van der Waals surface area contributed by atoms with Crippen molar-refractivity contribution in [2.24, 2.45) is 0 Å². The molecule has 0 spiro atoms. The molecule has 1 heterocycles. The minimum absolute atomic E-state index is 0.0854. The number of nitriles is 1. The minimum atomic E-state index is -0.501. The van der Waals surface area contributed by atoms with Crippen LogP contribution in [-0.4, -0.2) is 36.6 Å². The molecule has 1 saturated heterocycles. The van der Waals surface area contributed by atoms with Crippen LogP contribution in [0.15, 0.2) is 22.7 Å².